The topological polar surface area (TPSA) is 64.4 Å². The third-order valence-electron chi connectivity index (χ3n) is 4.06. The zero-order chi connectivity index (χ0) is 11.4. The molecule has 1 aliphatic heterocycles. The zero-order valence-corrected chi connectivity index (χ0v) is 9.39. The Balaban J connectivity index is 1.47. The van der Waals surface area contributed by atoms with Gasteiger partial charge in [0.1, 0.15) is 11.8 Å². The molecule has 1 saturated heterocycles. The van der Waals surface area contributed by atoms with E-state index in [2.05, 4.69) is 10.5 Å². The van der Waals surface area contributed by atoms with Gasteiger partial charge in [0.05, 0.1) is 18.9 Å². The van der Waals surface area contributed by atoms with Gasteiger partial charge in [0.2, 0.25) is 0 Å². The van der Waals surface area contributed by atoms with Gasteiger partial charge in [0.25, 0.3) is 5.91 Å². The minimum atomic E-state index is -0.0347. The van der Waals surface area contributed by atoms with Crippen LogP contribution in [0.15, 0.2) is 10.8 Å². The molecule has 17 heavy (non-hydrogen) atoms. The first kappa shape index (κ1) is 9.65. The van der Waals surface area contributed by atoms with E-state index in [0.29, 0.717) is 29.4 Å². The summed E-state index contributed by atoms with van der Waals surface area (Å²) in [6.45, 7) is 1.57. The Morgan fingerprint density at radius 2 is 2.12 bits per heavy atom. The van der Waals surface area contributed by atoms with Crippen LogP contribution in [0.1, 0.15) is 34.8 Å². The Morgan fingerprint density at radius 1 is 1.35 bits per heavy atom. The first-order valence-electron chi connectivity index (χ1n) is 6.17. The van der Waals surface area contributed by atoms with Crippen molar-refractivity contribution in [3.8, 4) is 0 Å². The van der Waals surface area contributed by atoms with Crippen molar-refractivity contribution in [2.45, 2.75) is 24.8 Å². The van der Waals surface area contributed by atoms with E-state index < -0.39 is 0 Å². The van der Waals surface area contributed by atoms with Crippen molar-refractivity contribution in [2.24, 2.45) is 11.8 Å². The van der Waals surface area contributed by atoms with Crippen LogP contribution in [0, 0.1) is 11.8 Å². The summed E-state index contributed by atoms with van der Waals surface area (Å²) in [5.41, 5.74) is 1.46. The van der Waals surface area contributed by atoms with E-state index in [9.17, 15) is 4.79 Å². The van der Waals surface area contributed by atoms with E-state index in [1.54, 1.807) is 0 Å². The second kappa shape index (κ2) is 3.32. The molecular formula is C12H14N2O3. The summed E-state index contributed by atoms with van der Waals surface area (Å²) in [7, 11) is 0. The quantitative estimate of drug-likeness (QED) is 0.844. The van der Waals surface area contributed by atoms with Crippen LogP contribution >= 0.6 is 0 Å². The van der Waals surface area contributed by atoms with Crippen LogP contribution in [0.4, 0.5) is 0 Å². The molecule has 2 saturated carbocycles. The summed E-state index contributed by atoms with van der Waals surface area (Å²) >= 11 is 0. The van der Waals surface area contributed by atoms with Crippen LogP contribution in [0.3, 0.4) is 0 Å². The molecule has 0 spiro atoms. The highest BCUT2D eigenvalue weighted by atomic mass is 16.5. The summed E-state index contributed by atoms with van der Waals surface area (Å²) in [4.78, 5) is 12.1. The van der Waals surface area contributed by atoms with Crippen LogP contribution in [0.5, 0.6) is 0 Å². The van der Waals surface area contributed by atoms with Gasteiger partial charge in [-0.05, 0) is 12.8 Å². The number of rotatable bonds is 3. The molecule has 90 valence electrons. The number of carbonyl (C=O) groups excluding carboxylic acids is 1. The van der Waals surface area contributed by atoms with Crippen molar-refractivity contribution in [1.82, 2.24) is 10.5 Å². The van der Waals surface area contributed by atoms with Crippen LogP contribution in [-0.4, -0.2) is 30.3 Å². The number of carbonyl (C=O) groups is 1. The van der Waals surface area contributed by atoms with E-state index in [1.165, 1.54) is 6.26 Å². The van der Waals surface area contributed by atoms with E-state index >= 15 is 0 Å². The molecule has 2 aliphatic carbocycles. The highest BCUT2D eigenvalue weighted by Crippen LogP contribution is 2.45. The summed E-state index contributed by atoms with van der Waals surface area (Å²) in [6, 6.07) is 0.304. The lowest BCUT2D eigenvalue weighted by molar-refractivity contribution is 0.0927. The monoisotopic (exact) mass is 234 g/mol. The van der Waals surface area contributed by atoms with Gasteiger partial charge < -0.3 is 14.6 Å². The number of aromatic nitrogens is 1. The number of hydrogen-bond acceptors (Lipinski definition) is 4. The second-order valence-electron chi connectivity index (χ2n) is 5.25. The highest BCUT2D eigenvalue weighted by Gasteiger charge is 2.55. The van der Waals surface area contributed by atoms with Gasteiger partial charge in [-0.15, -0.1) is 0 Å². The number of nitrogens with one attached hydrogen (secondary N) is 1. The molecule has 0 bridgehead atoms. The van der Waals surface area contributed by atoms with Crippen molar-refractivity contribution in [2.75, 3.05) is 13.2 Å². The molecule has 0 radical (unpaired) electrons. The normalized spacial score (nSPS) is 34.5. The number of hydrogen-bond donors (Lipinski definition) is 1. The van der Waals surface area contributed by atoms with Crippen LogP contribution in [0.2, 0.25) is 0 Å². The molecule has 5 heteroatoms. The average molecular weight is 234 g/mol. The Kier molecular flexibility index (Phi) is 1.88. The lowest BCUT2D eigenvalue weighted by atomic mass is 10.1. The fourth-order valence-corrected chi connectivity index (χ4v) is 2.75. The van der Waals surface area contributed by atoms with E-state index in [0.717, 1.165) is 31.7 Å². The molecular weight excluding hydrogens is 220 g/mol. The molecule has 1 aromatic heterocycles. The first-order chi connectivity index (χ1) is 8.34. The summed E-state index contributed by atoms with van der Waals surface area (Å²) < 4.78 is 10.2. The van der Waals surface area contributed by atoms with Gasteiger partial charge in [-0.1, -0.05) is 5.16 Å². The number of nitrogens with zero attached hydrogens (tertiary/aromatic N) is 1. The van der Waals surface area contributed by atoms with Crippen LogP contribution in [-0.2, 0) is 4.74 Å². The Hall–Kier alpha value is -1.36. The summed E-state index contributed by atoms with van der Waals surface area (Å²) in [5.74, 6) is 1.47. The maximum Gasteiger partial charge on any atom is 0.256 e. The maximum absolute atomic E-state index is 12.1. The lowest BCUT2D eigenvalue weighted by Crippen LogP contribution is -2.30. The molecule has 0 aromatic carbocycles. The first-order valence-corrected chi connectivity index (χ1v) is 6.17. The minimum Gasteiger partial charge on any atom is -0.381 e. The largest absolute Gasteiger partial charge is 0.381 e. The van der Waals surface area contributed by atoms with Crippen molar-refractivity contribution in [3.05, 3.63) is 17.5 Å². The smallest absolute Gasteiger partial charge is 0.256 e. The van der Waals surface area contributed by atoms with E-state index in [-0.39, 0.29) is 5.91 Å². The van der Waals surface area contributed by atoms with Gasteiger partial charge in [-0.3, -0.25) is 4.79 Å². The molecule has 1 aromatic rings. The third-order valence-corrected chi connectivity index (χ3v) is 4.06. The lowest BCUT2D eigenvalue weighted by Gasteiger charge is -2.06. The van der Waals surface area contributed by atoms with Crippen molar-refractivity contribution < 1.29 is 14.1 Å². The molecule has 4 rings (SSSR count). The Morgan fingerprint density at radius 3 is 2.82 bits per heavy atom. The van der Waals surface area contributed by atoms with Crippen molar-refractivity contribution in [3.63, 3.8) is 0 Å². The summed E-state index contributed by atoms with van der Waals surface area (Å²) in [6.07, 6.45) is 3.71. The molecule has 3 fully saturated rings. The molecule has 1 unspecified atom stereocenters. The van der Waals surface area contributed by atoms with Crippen LogP contribution < -0.4 is 5.32 Å². The zero-order valence-electron chi connectivity index (χ0n) is 9.39. The van der Waals surface area contributed by atoms with Gasteiger partial charge in [-0.25, -0.2) is 0 Å². The molecule has 3 aliphatic rings. The highest BCUT2D eigenvalue weighted by molar-refractivity contribution is 5.95. The SMILES string of the molecule is O=C(NC1[C@H]2COC[C@@H]12)c1conc1C1CC1. The second-order valence-corrected chi connectivity index (χ2v) is 5.25. The molecule has 1 N–H and O–H groups in total. The van der Waals surface area contributed by atoms with Crippen molar-refractivity contribution >= 4 is 5.91 Å². The standard InChI is InChI=1S/C12H14N2O3/c15-12(13-11-7-3-16-4-8(7)11)9-5-17-14-10(9)6-1-2-6/h5-8,11H,1-4H2,(H,13,15)/t7-,8+,11?. The van der Waals surface area contributed by atoms with Gasteiger partial charge in [0.15, 0.2) is 0 Å². The van der Waals surface area contributed by atoms with Crippen LogP contribution in [0.25, 0.3) is 0 Å². The number of amides is 1. The predicted octanol–water partition coefficient (Wildman–Crippen LogP) is 0.927. The fraction of sp³-hybridized carbons (Fsp3) is 0.667. The Labute approximate surface area is 98.5 Å². The molecule has 1 amide bonds. The van der Waals surface area contributed by atoms with Gasteiger partial charge in [0, 0.05) is 23.8 Å². The minimum absolute atomic E-state index is 0.0347. The molecule has 2 heterocycles. The van der Waals surface area contributed by atoms with E-state index in [1.807, 2.05) is 0 Å². The predicted molar refractivity (Wildman–Crippen MR) is 57.5 cm³/mol. The number of ether oxygens (including phenoxy) is 1. The fourth-order valence-electron chi connectivity index (χ4n) is 2.75. The van der Waals surface area contributed by atoms with Gasteiger partial charge in [-0.2, -0.15) is 0 Å². The maximum atomic E-state index is 12.1. The molecule has 3 atom stereocenters. The average Bonchev–Trinajstić information content (AvgIpc) is 3.15. The number of fused-ring (bicyclic) bond motifs is 1. The Bertz CT molecular complexity index is 456. The third kappa shape index (κ3) is 1.49. The molecule has 5 nitrogen and oxygen atoms in total. The van der Waals surface area contributed by atoms with E-state index in [4.69, 9.17) is 9.26 Å². The summed E-state index contributed by atoms with van der Waals surface area (Å²) in [5, 5.41) is 7.00. The van der Waals surface area contributed by atoms with Crippen molar-refractivity contribution in [1.29, 1.82) is 0 Å². The van der Waals surface area contributed by atoms with Gasteiger partial charge >= 0.3 is 0 Å².